The zero-order valence-corrected chi connectivity index (χ0v) is 9.77. The molecule has 2 N–H and O–H groups in total. The monoisotopic (exact) mass is 218 g/mol. The summed E-state index contributed by atoms with van der Waals surface area (Å²) in [5.41, 5.74) is 0. The summed E-state index contributed by atoms with van der Waals surface area (Å²) in [6.07, 6.45) is 1.08. The molecule has 0 amide bonds. The molecule has 0 aromatic heterocycles. The van der Waals surface area contributed by atoms with Gasteiger partial charge < -0.3 is 14.9 Å². The van der Waals surface area contributed by atoms with Crippen LogP contribution in [0.3, 0.4) is 0 Å². The van der Waals surface area contributed by atoms with Gasteiger partial charge in [-0.05, 0) is 32.6 Å². The van der Waals surface area contributed by atoms with E-state index in [4.69, 9.17) is 14.9 Å². The van der Waals surface area contributed by atoms with Crippen LogP contribution in [0.2, 0.25) is 0 Å². The Morgan fingerprint density at radius 1 is 1.27 bits per heavy atom. The van der Waals surface area contributed by atoms with E-state index in [0.29, 0.717) is 13.0 Å². The van der Waals surface area contributed by atoms with Gasteiger partial charge in [-0.1, -0.05) is 13.3 Å². The van der Waals surface area contributed by atoms with Gasteiger partial charge in [-0.25, -0.2) is 4.79 Å². The van der Waals surface area contributed by atoms with Crippen LogP contribution in [0.1, 0.15) is 40.0 Å². The van der Waals surface area contributed by atoms with Gasteiger partial charge in [-0.15, -0.1) is 0 Å². The molecule has 0 rings (SSSR count). The molecule has 0 saturated heterocycles. The zero-order chi connectivity index (χ0) is 11.8. The van der Waals surface area contributed by atoms with E-state index < -0.39 is 12.1 Å². The Morgan fingerprint density at radius 2 is 1.87 bits per heavy atom. The van der Waals surface area contributed by atoms with Crippen molar-refractivity contribution in [1.29, 1.82) is 0 Å². The lowest BCUT2D eigenvalue weighted by Crippen LogP contribution is -2.23. The molecular weight excluding hydrogens is 196 g/mol. The van der Waals surface area contributed by atoms with Crippen LogP contribution in [0.5, 0.6) is 0 Å². The van der Waals surface area contributed by atoms with Crippen molar-refractivity contribution in [2.75, 3.05) is 6.61 Å². The smallest absolute Gasteiger partial charge is 0.334 e. The van der Waals surface area contributed by atoms with E-state index >= 15 is 0 Å². The number of carbonyl (C=O) groups is 1. The van der Waals surface area contributed by atoms with Crippen molar-refractivity contribution in [3.8, 4) is 0 Å². The van der Waals surface area contributed by atoms with Crippen LogP contribution in [0.25, 0.3) is 0 Å². The minimum absolute atomic E-state index is 0.266. The van der Waals surface area contributed by atoms with Crippen molar-refractivity contribution in [1.82, 2.24) is 0 Å². The van der Waals surface area contributed by atoms with Crippen molar-refractivity contribution in [3.05, 3.63) is 0 Å². The molecule has 0 fully saturated rings. The molecule has 0 bridgehead atoms. The van der Waals surface area contributed by atoms with Gasteiger partial charge in [0.2, 0.25) is 0 Å². The highest BCUT2D eigenvalue weighted by Crippen LogP contribution is 2.13. The summed E-state index contributed by atoms with van der Waals surface area (Å²) in [7, 11) is 0. The highest BCUT2D eigenvalue weighted by molar-refractivity contribution is 5.73. The van der Waals surface area contributed by atoms with Gasteiger partial charge in [0.1, 0.15) is 6.10 Å². The maximum Gasteiger partial charge on any atom is 0.334 e. The predicted octanol–water partition coefficient (Wildman–Crippen LogP) is 1.10. The fourth-order valence-corrected chi connectivity index (χ4v) is 1.20. The van der Waals surface area contributed by atoms with E-state index in [0.717, 1.165) is 12.8 Å². The number of ether oxygens (including phenoxy) is 1. The molecule has 0 radical (unpaired) electrons. The SMILES string of the molecule is CCC(CCC(C)O)COC(=O)C(C)O. The Hall–Kier alpha value is -0.610. The van der Waals surface area contributed by atoms with Crippen LogP contribution < -0.4 is 0 Å². The third kappa shape index (κ3) is 7.33. The summed E-state index contributed by atoms with van der Waals surface area (Å²) in [4.78, 5) is 11.0. The maximum absolute atomic E-state index is 11.0. The molecule has 0 spiro atoms. The summed E-state index contributed by atoms with van der Waals surface area (Å²) < 4.78 is 4.92. The number of aliphatic hydroxyl groups excluding tert-OH is 2. The van der Waals surface area contributed by atoms with Crippen molar-refractivity contribution in [2.24, 2.45) is 5.92 Å². The molecule has 0 aliphatic heterocycles. The first-order valence-corrected chi connectivity index (χ1v) is 5.50. The second kappa shape index (κ2) is 7.65. The second-order valence-corrected chi connectivity index (χ2v) is 4.01. The van der Waals surface area contributed by atoms with Gasteiger partial charge in [0.05, 0.1) is 12.7 Å². The van der Waals surface area contributed by atoms with Crippen molar-refractivity contribution in [3.63, 3.8) is 0 Å². The average Bonchev–Trinajstić information content (AvgIpc) is 2.17. The van der Waals surface area contributed by atoms with Crippen LogP contribution in [-0.2, 0) is 9.53 Å². The van der Waals surface area contributed by atoms with Crippen LogP contribution >= 0.6 is 0 Å². The number of hydrogen-bond donors (Lipinski definition) is 2. The van der Waals surface area contributed by atoms with E-state index in [1.165, 1.54) is 6.92 Å². The third-order valence-corrected chi connectivity index (χ3v) is 2.37. The lowest BCUT2D eigenvalue weighted by atomic mass is 10.00. The standard InChI is InChI=1S/C11H22O4/c1-4-10(6-5-8(2)12)7-15-11(14)9(3)13/h8-10,12-13H,4-7H2,1-3H3. The van der Waals surface area contributed by atoms with Gasteiger partial charge in [0.25, 0.3) is 0 Å². The van der Waals surface area contributed by atoms with Gasteiger partial charge in [0, 0.05) is 0 Å². The topological polar surface area (TPSA) is 66.8 Å². The Kier molecular flexibility index (Phi) is 7.34. The van der Waals surface area contributed by atoms with E-state index in [2.05, 4.69) is 0 Å². The van der Waals surface area contributed by atoms with Gasteiger partial charge in [-0.2, -0.15) is 0 Å². The molecule has 0 aliphatic carbocycles. The molecular formula is C11H22O4. The molecule has 4 heteroatoms. The fraction of sp³-hybridized carbons (Fsp3) is 0.909. The summed E-state index contributed by atoms with van der Waals surface area (Å²) in [6, 6.07) is 0. The first-order valence-electron chi connectivity index (χ1n) is 5.50. The molecule has 4 nitrogen and oxygen atoms in total. The average molecular weight is 218 g/mol. The molecule has 0 aliphatic rings. The van der Waals surface area contributed by atoms with Crippen molar-refractivity contribution >= 4 is 5.97 Å². The highest BCUT2D eigenvalue weighted by atomic mass is 16.5. The van der Waals surface area contributed by atoms with Gasteiger partial charge in [0.15, 0.2) is 0 Å². The second-order valence-electron chi connectivity index (χ2n) is 4.01. The normalized spacial score (nSPS) is 16.9. The maximum atomic E-state index is 11.0. The van der Waals surface area contributed by atoms with Crippen LogP contribution in [0.15, 0.2) is 0 Å². The molecule has 0 aromatic rings. The molecule has 0 heterocycles. The quantitative estimate of drug-likeness (QED) is 0.628. The lowest BCUT2D eigenvalue weighted by Gasteiger charge is -2.16. The summed E-state index contributed by atoms with van der Waals surface area (Å²) in [5.74, 6) is -0.312. The first-order chi connectivity index (χ1) is 6.97. The Labute approximate surface area is 91.3 Å². The molecule has 15 heavy (non-hydrogen) atoms. The van der Waals surface area contributed by atoms with Crippen LogP contribution in [-0.4, -0.2) is 35.0 Å². The predicted molar refractivity (Wildman–Crippen MR) is 57.3 cm³/mol. The van der Waals surface area contributed by atoms with E-state index in [-0.39, 0.29) is 12.0 Å². The number of aliphatic hydroxyl groups is 2. The number of esters is 1. The first kappa shape index (κ1) is 14.4. The Balaban J connectivity index is 3.75. The third-order valence-electron chi connectivity index (χ3n) is 2.37. The van der Waals surface area contributed by atoms with Crippen molar-refractivity contribution < 1.29 is 19.7 Å². The number of hydrogen-bond acceptors (Lipinski definition) is 4. The van der Waals surface area contributed by atoms with E-state index in [9.17, 15) is 4.79 Å². The van der Waals surface area contributed by atoms with E-state index in [1.54, 1.807) is 6.92 Å². The largest absolute Gasteiger partial charge is 0.463 e. The Bertz CT molecular complexity index is 177. The van der Waals surface area contributed by atoms with Crippen LogP contribution in [0.4, 0.5) is 0 Å². The minimum Gasteiger partial charge on any atom is -0.463 e. The Morgan fingerprint density at radius 3 is 2.27 bits per heavy atom. The van der Waals surface area contributed by atoms with Gasteiger partial charge in [-0.3, -0.25) is 0 Å². The van der Waals surface area contributed by atoms with Crippen LogP contribution in [0, 0.1) is 5.92 Å². The molecule has 0 saturated carbocycles. The summed E-state index contributed by atoms with van der Waals surface area (Å²) in [6.45, 7) is 5.48. The van der Waals surface area contributed by atoms with Gasteiger partial charge >= 0.3 is 5.97 Å². The lowest BCUT2D eigenvalue weighted by molar-refractivity contribution is -0.154. The summed E-state index contributed by atoms with van der Waals surface area (Å²) in [5, 5.41) is 18.0. The fourth-order valence-electron chi connectivity index (χ4n) is 1.20. The number of rotatable bonds is 7. The zero-order valence-electron chi connectivity index (χ0n) is 9.77. The molecule has 90 valence electrons. The molecule has 3 unspecified atom stereocenters. The van der Waals surface area contributed by atoms with Crippen molar-refractivity contribution in [2.45, 2.75) is 52.2 Å². The summed E-state index contributed by atoms with van der Waals surface area (Å²) >= 11 is 0. The molecule has 3 atom stereocenters. The number of carbonyl (C=O) groups excluding carboxylic acids is 1. The van der Waals surface area contributed by atoms with E-state index in [1.807, 2.05) is 6.92 Å². The molecule has 0 aromatic carbocycles. The highest BCUT2D eigenvalue weighted by Gasteiger charge is 2.14. The minimum atomic E-state index is -1.06.